The summed E-state index contributed by atoms with van der Waals surface area (Å²) in [6, 6.07) is 7.65. The molecule has 0 radical (unpaired) electrons. The second-order valence-corrected chi connectivity index (χ2v) is 5.26. The maximum atomic E-state index is 12.0. The molecule has 0 aliphatic carbocycles. The van der Waals surface area contributed by atoms with Crippen LogP contribution in [0, 0.1) is 6.92 Å². The van der Waals surface area contributed by atoms with E-state index in [2.05, 4.69) is 10.3 Å². The average molecular weight is 291 g/mol. The molecule has 1 aromatic carbocycles. The Morgan fingerprint density at radius 2 is 2.30 bits per heavy atom. The monoisotopic (exact) mass is 291 g/mol. The van der Waals surface area contributed by atoms with Crippen molar-refractivity contribution in [2.75, 3.05) is 12.3 Å². The number of nitrogens with two attached hydrogens (primary N) is 1. The summed E-state index contributed by atoms with van der Waals surface area (Å²) in [6.07, 6.45) is 0. The largest absolute Gasteiger partial charge is 0.494 e. The molecule has 0 fully saturated rings. The van der Waals surface area contributed by atoms with Gasteiger partial charge in [-0.2, -0.15) is 0 Å². The summed E-state index contributed by atoms with van der Waals surface area (Å²) in [5.74, 6) is 0.649. The van der Waals surface area contributed by atoms with Crippen molar-refractivity contribution in [3.05, 3.63) is 40.4 Å². The summed E-state index contributed by atoms with van der Waals surface area (Å²) in [5, 5.41) is 3.27. The number of nitrogens with one attached hydrogen (secondary N) is 1. The summed E-state index contributed by atoms with van der Waals surface area (Å²) in [7, 11) is 0. The third-order valence-electron chi connectivity index (χ3n) is 2.68. The van der Waals surface area contributed by atoms with Gasteiger partial charge in [0.05, 0.1) is 12.3 Å². The predicted molar refractivity (Wildman–Crippen MR) is 80.0 cm³/mol. The second kappa shape index (κ2) is 6.38. The Morgan fingerprint density at radius 3 is 2.95 bits per heavy atom. The minimum absolute atomic E-state index is 0.154. The number of carbonyl (C=O) groups is 1. The van der Waals surface area contributed by atoms with Crippen LogP contribution in [0.5, 0.6) is 5.75 Å². The number of amides is 1. The van der Waals surface area contributed by atoms with Crippen LogP contribution in [-0.2, 0) is 6.54 Å². The first-order valence-corrected chi connectivity index (χ1v) is 7.14. The predicted octanol–water partition coefficient (Wildman–Crippen LogP) is 2.36. The van der Waals surface area contributed by atoms with Crippen molar-refractivity contribution in [1.29, 1.82) is 0 Å². The molecule has 0 aliphatic heterocycles. The Hall–Kier alpha value is -2.08. The molecular weight excluding hydrogens is 274 g/mol. The lowest BCUT2D eigenvalue weighted by atomic mass is 10.2. The van der Waals surface area contributed by atoms with Gasteiger partial charge in [0.2, 0.25) is 0 Å². The van der Waals surface area contributed by atoms with Crippen LogP contribution < -0.4 is 15.8 Å². The Kier molecular flexibility index (Phi) is 4.57. The van der Waals surface area contributed by atoms with Gasteiger partial charge < -0.3 is 15.8 Å². The Labute approximate surface area is 121 Å². The van der Waals surface area contributed by atoms with Crippen LogP contribution in [0.25, 0.3) is 0 Å². The average Bonchev–Trinajstić information content (AvgIpc) is 2.76. The molecule has 1 amide bonds. The highest BCUT2D eigenvalue weighted by Gasteiger charge is 2.13. The zero-order chi connectivity index (χ0) is 14.5. The highest BCUT2D eigenvalue weighted by atomic mass is 32.1. The van der Waals surface area contributed by atoms with Crippen LogP contribution in [0.1, 0.15) is 27.9 Å². The van der Waals surface area contributed by atoms with Crippen molar-refractivity contribution in [3.8, 4) is 5.75 Å². The second-order valence-electron chi connectivity index (χ2n) is 4.23. The van der Waals surface area contributed by atoms with Crippen LogP contribution >= 0.6 is 11.3 Å². The molecule has 0 bridgehead atoms. The lowest BCUT2D eigenvalue weighted by molar-refractivity contribution is 0.0954. The van der Waals surface area contributed by atoms with E-state index in [1.807, 2.05) is 31.2 Å². The van der Waals surface area contributed by atoms with Gasteiger partial charge in [-0.05, 0) is 31.5 Å². The molecule has 2 rings (SSSR count). The minimum atomic E-state index is -0.154. The number of hydrogen-bond acceptors (Lipinski definition) is 5. The fourth-order valence-corrected chi connectivity index (χ4v) is 2.55. The first-order chi connectivity index (χ1) is 9.60. The van der Waals surface area contributed by atoms with Gasteiger partial charge in [0.15, 0.2) is 5.13 Å². The Balaban J connectivity index is 1.99. The van der Waals surface area contributed by atoms with Crippen LogP contribution in [0.4, 0.5) is 5.13 Å². The highest BCUT2D eigenvalue weighted by molar-refractivity contribution is 7.17. The molecule has 1 heterocycles. The van der Waals surface area contributed by atoms with Crippen molar-refractivity contribution < 1.29 is 9.53 Å². The quantitative estimate of drug-likeness (QED) is 0.886. The smallest absolute Gasteiger partial charge is 0.263 e. The van der Waals surface area contributed by atoms with E-state index in [-0.39, 0.29) is 5.91 Å². The number of carbonyl (C=O) groups excluding carboxylic acids is 1. The van der Waals surface area contributed by atoms with Gasteiger partial charge in [0.1, 0.15) is 10.6 Å². The highest BCUT2D eigenvalue weighted by Crippen LogP contribution is 2.19. The van der Waals surface area contributed by atoms with E-state index < -0.39 is 0 Å². The molecule has 0 atom stereocenters. The van der Waals surface area contributed by atoms with Crippen LogP contribution in [0.2, 0.25) is 0 Å². The van der Waals surface area contributed by atoms with Crippen LogP contribution in [0.15, 0.2) is 24.3 Å². The summed E-state index contributed by atoms with van der Waals surface area (Å²) < 4.78 is 5.42. The molecule has 3 N–H and O–H groups in total. The number of benzene rings is 1. The van der Waals surface area contributed by atoms with Gasteiger partial charge in [0.25, 0.3) is 5.91 Å². The summed E-state index contributed by atoms with van der Waals surface area (Å²) in [5.41, 5.74) is 7.23. The molecule has 6 heteroatoms. The van der Waals surface area contributed by atoms with E-state index in [4.69, 9.17) is 10.5 Å². The Morgan fingerprint density at radius 1 is 1.50 bits per heavy atom. The maximum Gasteiger partial charge on any atom is 0.263 e. The van der Waals surface area contributed by atoms with Crippen LogP contribution in [0.3, 0.4) is 0 Å². The molecule has 0 unspecified atom stereocenters. The van der Waals surface area contributed by atoms with E-state index in [0.717, 1.165) is 11.3 Å². The molecule has 106 valence electrons. The standard InChI is InChI=1S/C14H17N3O2S/c1-3-19-11-6-4-5-10(7-11)8-16-13(18)12-9(2)17-14(15)20-12/h4-7H,3,8H2,1-2H3,(H2,15,17)(H,16,18). The first-order valence-electron chi connectivity index (χ1n) is 6.33. The number of ether oxygens (including phenoxy) is 1. The maximum absolute atomic E-state index is 12.0. The molecule has 0 spiro atoms. The molecular formula is C14H17N3O2S. The van der Waals surface area contributed by atoms with Gasteiger partial charge in [-0.15, -0.1) is 0 Å². The molecule has 0 saturated heterocycles. The third kappa shape index (κ3) is 3.48. The van der Waals surface area contributed by atoms with E-state index in [9.17, 15) is 4.79 Å². The molecule has 20 heavy (non-hydrogen) atoms. The lowest BCUT2D eigenvalue weighted by Gasteiger charge is -2.07. The summed E-state index contributed by atoms with van der Waals surface area (Å²) >= 11 is 1.20. The summed E-state index contributed by atoms with van der Waals surface area (Å²) in [6.45, 7) is 4.77. The number of anilines is 1. The van der Waals surface area contributed by atoms with E-state index in [0.29, 0.717) is 28.9 Å². The number of nitrogen functional groups attached to an aromatic ring is 1. The van der Waals surface area contributed by atoms with Gasteiger partial charge in [-0.3, -0.25) is 4.79 Å². The van der Waals surface area contributed by atoms with E-state index in [1.54, 1.807) is 6.92 Å². The van der Waals surface area contributed by atoms with Gasteiger partial charge in [-0.25, -0.2) is 4.98 Å². The normalized spacial score (nSPS) is 10.3. The molecule has 5 nitrogen and oxygen atoms in total. The van der Waals surface area contributed by atoms with Crippen molar-refractivity contribution in [2.45, 2.75) is 20.4 Å². The Bertz CT molecular complexity index is 610. The number of thiazole rings is 1. The van der Waals surface area contributed by atoms with Crippen molar-refractivity contribution >= 4 is 22.4 Å². The van der Waals surface area contributed by atoms with Crippen molar-refractivity contribution in [2.24, 2.45) is 0 Å². The number of rotatable bonds is 5. The number of aromatic nitrogens is 1. The minimum Gasteiger partial charge on any atom is -0.494 e. The topological polar surface area (TPSA) is 77.2 Å². The van der Waals surface area contributed by atoms with Crippen LogP contribution in [-0.4, -0.2) is 17.5 Å². The summed E-state index contributed by atoms with van der Waals surface area (Å²) in [4.78, 5) is 16.6. The van der Waals surface area contributed by atoms with E-state index >= 15 is 0 Å². The number of hydrogen-bond donors (Lipinski definition) is 2. The number of nitrogens with zero attached hydrogens (tertiary/aromatic N) is 1. The fraction of sp³-hybridized carbons (Fsp3) is 0.286. The van der Waals surface area contributed by atoms with Gasteiger partial charge in [-0.1, -0.05) is 23.5 Å². The zero-order valence-corrected chi connectivity index (χ0v) is 12.3. The van der Waals surface area contributed by atoms with E-state index in [1.165, 1.54) is 11.3 Å². The van der Waals surface area contributed by atoms with Gasteiger partial charge in [0, 0.05) is 6.54 Å². The van der Waals surface area contributed by atoms with Crippen molar-refractivity contribution in [1.82, 2.24) is 10.3 Å². The fourth-order valence-electron chi connectivity index (χ4n) is 1.80. The molecule has 1 aromatic heterocycles. The molecule has 0 aliphatic rings. The van der Waals surface area contributed by atoms with Gasteiger partial charge >= 0.3 is 0 Å². The lowest BCUT2D eigenvalue weighted by Crippen LogP contribution is -2.22. The third-order valence-corrected chi connectivity index (χ3v) is 3.67. The first kappa shape index (κ1) is 14.3. The van der Waals surface area contributed by atoms with Crippen molar-refractivity contribution in [3.63, 3.8) is 0 Å². The number of aryl methyl sites for hydroxylation is 1. The zero-order valence-electron chi connectivity index (χ0n) is 11.5. The molecule has 2 aromatic rings. The SMILES string of the molecule is CCOc1cccc(CNC(=O)c2sc(N)nc2C)c1. The molecule has 0 saturated carbocycles.